The van der Waals surface area contributed by atoms with Crippen LogP contribution in [0.5, 0.6) is 0 Å². The quantitative estimate of drug-likeness (QED) is 0.205. The summed E-state index contributed by atoms with van der Waals surface area (Å²) in [5.74, 6) is -1.43. The van der Waals surface area contributed by atoms with Crippen LogP contribution in [0.3, 0.4) is 0 Å². The molecule has 0 aliphatic carbocycles. The monoisotopic (exact) mass is 242 g/mol. The van der Waals surface area contributed by atoms with Gasteiger partial charge in [-0.05, 0) is 6.42 Å². The van der Waals surface area contributed by atoms with Crippen molar-refractivity contribution in [1.82, 2.24) is 0 Å². The summed E-state index contributed by atoms with van der Waals surface area (Å²) in [6.07, 6.45) is 6.71. The van der Waals surface area contributed by atoms with Crippen LogP contribution in [-0.4, -0.2) is 25.7 Å². The van der Waals surface area contributed by atoms with Crippen LogP contribution in [0, 0.1) is 0 Å². The van der Waals surface area contributed by atoms with Gasteiger partial charge in [0.2, 0.25) is 0 Å². The molecule has 0 saturated heterocycles. The molecule has 0 N–H and O–H groups in total. The topological polar surface area (TPSA) is 52.6 Å². The Bertz CT molecular complexity index is 258. The SMILES string of the molecule is C=C(C(=O)OC)C(=O)OCCCCCCCC. The molecule has 0 unspecified atom stereocenters. The van der Waals surface area contributed by atoms with Gasteiger partial charge in [-0.1, -0.05) is 45.6 Å². The number of esters is 2. The second kappa shape index (κ2) is 9.87. The number of rotatable bonds is 9. The van der Waals surface area contributed by atoms with Gasteiger partial charge in [-0.15, -0.1) is 0 Å². The molecule has 0 atom stereocenters. The maximum absolute atomic E-state index is 11.3. The highest BCUT2D eigenvalue weighted by molar-refractivity contribution is 6.13. The third kappa shape index (κ3) is 7.55. The lowest BCUT2D eigenvalue weighted by Gasteiger charge is -2.05. The molecule has 4 heteroatoms. The summed E-state index contributed by atoms with van der Waals surface area (Å²) in [5.41, 5.74) is -0.251. The van der Waals surface area contributed by atoms with Crippen molar-refractivity contribution in [3.8, 4) is 0 Å². The fourth-order valence-electron chi connectivity index (χ4n) is 1.34. The molecule has 0 spiro atoms. The first-order chi connectivity index (χ1) is 8.13. The minimum atomic E-state index is -0.738. The number of unbranched alkanes of at least 4 members (excludes halogenated alkanes) is 5. The van der Waals surface area contributed by atoms with E-state index in [0.29, 0.717) is 6.61 Å². The van der Waals surface area contributed by atoms with E-state index in [4.69, 9.17) is 4.74 Å². The maximum Gasteiger partial charge on any atom is 0.344 e. The van der Waals surface area contributed by atoms with E-state index in [1.807, 2.05) is 0 Å². The molecule has 0 bridgehead atoms. The zero-order chi connectivity index (χ0) is 13.1. The first-order valence-corrected chi connectivity index (χ1v) is 6.07. The van der Waals surface area contributed by atoms with Crippen LogP contribution in [0.2, 0.25) is 0 Å². The van der Waals surface area contributed by atoms with Crippen molar-refractivity contribution in [1.29, 1.82) is 0 Å². The van der Waals surface area contributed by atoms with E-state index < -0.39 is 11.9 Å². The molecular weight excluding hydrogens is 220 g/mol. The first kappa shape index (κ1) is 15.7. The van der Waals surface area contributed by atoms with Gasteiger partial charge in [-0.3, -0.25) is 0 Å². The zero-order valence-corrected chi connectivity index (χ0v) is 10.8. The summed E-state index contributed by atoms with van der Waals surface area (Å²) in [5, 5.41) is 0. The van der Waals surface area contributed by atoms with Gasteiger partial charge in [-0.2, -0.15) is 0 Å². The van der Waals surface area contributed by atoms with Crippen molar-refractivity contribution >= 4 is 11.9 Å². The molecule has 0 aliphatic heterocycles. The fraction of sp³-hybridized carbons (Fsp3) is 0.692. The second-order valence-electron chi connectivity index (χ2n) is 3.87. The third-order valence-corrected chi connectivity index (χ3v) is 2.41. The molecule has 98 valence electrons. The minimum absolute atomic E-state index is 0.251. The fourth-order valence-corrected chi connectivity index (χ4v) is 1.34. The average Bonchev–Trinajstić information content (AvgIpc) is 2.35. The minimum Gasteiger partial charge on any atom is -0.465 e. The first-order valence-electron chi connectivity index (χ1n) is 6.07. The molecule has 0 heterocycles. The molecule has 0 aliphatic rings. The van der Waals surface area contributed by atoms with Gasteiger partial charge >= 0.3 is 11.9 Å². The van der Waals surface area contributed by atoms with Crippen molar-refractivity contribution in [2.75, 3.05) is 13.7 Å². The molecule has 0 fully saturated rings. The smallest absolute Gasteiger partial charge is 0.344 e. The Morgan fingerprint density at radius 2 is 1.59 bits per heavy atom. The van der Waals surface area contributed by atoms with Crippen LogP contribution in [0.1, 0.15) is 45.4 Å². The largest absolute Gasteiger partial charge is 0.465 e. The van der Waals surface area contributed by atoms with Gasteiger partial charge in [0.25, 0.3) is 0 Å². The lowest BCUT2D eigenvalue weighted by molar-refractivity contribution is -0.145. The highest BCUT2D eigenvalue weighted by Gasteiger charge is 2.17. The molecule has 4 nitrogen and oxygen atoms in total. The summed E-state index contributed by atoms with van der Waals surface area (Å²) < 4.78 is 9.26. The lowest BCUT2D eigenvalue weighted by Crippen LogP contribution is -2.16. The van der Waals surface area contributed by atoms with Crippen molar-refractivity contribution in [2.45, 2.75) is 45.4 Å². The van der Waals surface area contributed by atoms with E-state index in [-0.39, 0.29) is 5.57 Å². The van der Waals surface area contributed by atoms with Crippen LogP contribution < -0.4 is 0 Å². The van der Waals surface area contributed by atoms with Crippen molar-refractivity contribution in [3.05, 3.63) is 12.2 Å². The molecule has 0 rings (SSSR count). The number of hydrogen-bond donors (Lipinski definition) is 0. The van der Waals surface area contributed by atoms with E-state index in [1.165, 1.54) is 26.4 Å². The van der Waals surface area contributed by atoms with E-state index in [2.05, 4.69) is 18.2 Å². The Kier molecular flexibility index (Phi) is 9.11. The molecule has 0 aromatic heterocycles. The number of methoxy groups -OCH3 is 1. The Morgan fingerprint density at radius 3 is 2.18 bits per heavy atom. The van der Waals surface area contributed by atoms with Crippen LogP contribution >= 0.6 is 0 Å². The van der Waals surface area contributed by atoms with E-state index in [9.17, 15) is 9.59 Å². The van der Waals surface area contributed by atoms with Crippen LogP contribution in [0.25, 0.3) is 0 Å². The molecule has 0 aromatic carbocycles. The van der Waals surface area contributed by atoms with E-state index >= 15 is 0 Å². The summed E-state index contributed by atoms with van der Waals surface area (Å²) in [4.78, 5) is 22.2. The van der Waals surface area contributed by atoms with Crippen molar-refractivity contribution < 1.29 is 19.1 Å². The van der Waals surface area contributed by atoms with Gasteiger partial charge in [0, 0.05) is 0 Å². The molecule has 17 heavy (non-hydrogen) atoms. The van der Waals surface area contributed by atoms with Gasteiger partial charge < -0.3 is 9.47 Å². The Balaban J connectivity index is 3.52. The Labute approximate surface area is 103 Å². The van der Waals surface area contributed by atoms with Gasteiger partial charge in [-0.25, -0.2) is 9.59 Å². The third-order valence-electron chi connectivity index (χ3n) is 2.41. The predicted molar refractivity (Wildman–Crippen MR) is 65.5 cm³/mol. The Hall–Kier alpha value is -1.32. The van der Waals surface area contributed by atoms with Crippen molar-refractivity contribution in [2.24, 2.45) is 0 Å². The zero-order valence-electron chi connectivity index (χ0n) is 10.8. The van der Waals surface area contributed by atoms with Crippen LogP contribution in [0.15, 0.2) is 12.2 Å². The maximum atomic E-state index is 11.3. The summed E-state index contributed by atoms with van der Waals surface area (Å²) >= 11 is 0. The molecule has 0 saturated carbocycles. The van der Waals surface area contributed by atoms with E-state index in [0.717, 1.165) is 19.3 Å². The second-order valence-corrected chi connectivity index (χ2v) is 3.87. The number of ether oxygens (including phenoxy) is 2. The number of carbonyl (C=O) groups is 2. The van der Waals surface area contributed by atoms with Crippen LogP contribution in [0.4, 0.5) is 0 Å². The predicted octanol–water partition coefficient (Wildman–Crippen LogP) is 2.62. The highest BCUT2D eigenvalue weighted by atomic mass is 16.5. The summed E-state index contributed by atoms with van der Waals surface area (Å²) in [6, 6.07) is 0. The van der Waals surface area contributed by atoms with Crippen LogP contribution in [-0.2, 0) is 19.1 Å². The molecule has 0 amide bonds. The molecule has 0 radical (unpaired) electrons. The normalized spacial score (nSPS) is 9.76. The van der Waals surface area contributed by atoms with Gasteiger partial charge in [0.05, 0.1) is 13.7 Å². The molecular formula is C13H22O4. The standard InChI is InChI=1S/C13H22O4/c1-4-5-6-7-8-9-10-17-13(15)11(2)12(14)16-3/h2,4-10H2,1,3H3. The number of hydrogen-bond acceptors (Lipinski definition) is 4. The Morgan fingerprint density at radius 1 is 1.00 bits per heavy atom. The van der Waals surface area contributed by atoms with E-state index in [1.54, 1.807) is 0 Å². The summed E-state index contributed by atoms with van der Waals surface area (Å²) in [6.45, 7) is 5.82. The molecule has 0 aromatic rings. The summed E-state index contributed by atoms with van der Waals surface area (Å²) in [7, 11) is 1.20. The average molecular weight is 242 g/mol. The van der Waals surface area contributed by atoms with Gasteiger partial charge in [0.15, 0.2) is 0 Å². The van der Waals surface area contributed by atoms with Crippen molar-refractivity contribution in [3.63, 3.8) is 0 Å². The number of carbonyl (C=O) groups excluding carboxylic acids is 2. The lowest BCUT2D eigenvalue weighted by atomic mass is 10.1. The van der Waals surface area contributed by atoms with Gasteiger partial charge in [0.1, 0.15) is 5.57 Å². The highest BCUT2D eigenvalue weighted by Crippen LogP contribution is 2.05.